The van der Waals surface area contributed by atoms with E-state index in [4.69, 9.17) is 10.5 Å². The minimum Gasteiger partial charge on any atom is -0.377 e. The number of ether oxygens (including phenoxy) is 1. The number of hydrogen-bond acceptors (Lipinski definition) is 4. The van der Waals surface area contributed by atoms with Gasteiger partial charge in [-0.3, -0.25) is 4.68 Å². The lowest BCUT2D eigenvalue weighted by atomic mass is 10.1. The summed E-state index contributed by atoms with van der Waals surface area (Å²) in [6.45, 7) is 2.57. The third-order valence-corrected chi connectivity index (χ3v) is 2.91. The molecule has 0 saturated carbocycles. The molecule has 0 spiro atoms. The lowest BCUT2D eigenvalue weighted by molar-refractivity contribution is 0.110. The number of hydrogen-bond donors (Lipinski definition) is 2. The molecule has 1 aliphatic heterocycles. The number of nitrogens with two attached hydrogens (primary N) is 1. The van der Waals surface area contributed by atoms with Gasteiger partial charge in [-0.25, -0.2) is 0 Å². The number of aromatic nitrogens is 2. The van der Waals surface area contributed by atoms with Gasteiger partial charge in [-0.2, -0.15) is 5.10 Å². The smallest absolute Gasteiger partial charge is 0.0700 e. The van der Waals surface area contributed by atoms with Crippen molar-refractivity contribution < 1.29 is 4.74 Å². The molecule has 1 aliphatic rings. The molecule has 0 radical (unpaired) electrons. The summed E-state index contributed by atoms with van der Waals surface area (Å²) in [6, 6.07) is 0.00935. The maximum Gasteiger partial charge on any atom is 0.0700 e. The van der Waals surface area contributed by atoms with E-state index in [1.807, 2.05) is 19.4 Å². The Morgan fingerprint density at radius 1 is 1.75 bits per heavy atom. The fourth-order valence-corrected chi connectivity index (χ4v) is 1.95. The highest BCUT2D eigenvalue weighted by atomic mass is 16.5. The van der Waals surface area contributed by atoms with Crippen LogP contribution in [0.25, 0.3) is 0 Å². The summed E-state index contributed by atoms with van der Waals surface area (Å²) in [4.78, 5) is 0. The van der Waals surface area contributed by atoms with Crippen LogP contribution >= 0.6 is 0 Å². The Morgan fingerprint density at radius 2 is 2.62 bits per heavy atom. The maximum absolute atomic E-state index is 6.04. The molecule has 5 heteroatoms. The molecule has 90 valence electrons. The van der Waals surface area contributed by atoms with E-state index in [-0.39, 0.29) is 6.04 Å². The second kappa shape index (κ2) is 5.43. The first-order valence-corrected chi connectivity index (χ1v) is 5.82. The van der Waals surface area contributed by atoms with Gasteiger partial charge in [0.25, 0.3) is 0 Å². The maximum atomic E-state index is 6.04. The van der Waals surface area contributed by atoms with Gasteiger partial charge in [0.15, 0.2) is 0 Å². The van der Waals surface area contributed by atoms with Crippen molar-refractivity contribution in [1.29, 1.82) is 0 Å². The van der Waals surface area contributed by atoms with Crippen LogP contribution in [0.3, 0.4) is 0 Å². The zero-order valence-electron chi connectivity index (χ0n) is 9.72. The van der Waals surface area contributed by atoms with E-state index in [9.17, 15) is 0 Å². The normalized spacial score (nSPS) is 22.5. The van der Waals surface area contributed by atoms with Crippen molar-refractivity contribution in [2.75, 3.05) is 19.7 Å². The number of nitrogens with zero attached hydrogens (tertiary/aromatic N) is 2. The van der Waals surface area contributed by atoms with Crippen LogP contribution in [0.15, 0.2) is 12.4 Å². The summed E-state index contributed by atoms with van der Waals surface area (Å²) in [5.74, 6) is 0. The summed E-state index contributed by atoms with van der Waals surface area (Å²) in [7, 11) is 1.90. The van der Waals surface area contributed by atoms with Gasteiger partial charge in [-0.15, -0.1) is 0 Å². The highest BCUT2D eigenvalue weighted by Gasteiger charge is 2.15. The Morgan fingerprint density at radius 3 is 3.25 bits per heavy atom. The second-order valence-corrected chi connectivity index (χ2v) is 4.35. The van der Waals surface area contributed by atoms with Crippen molar-refractivity contribution in [3.8, 4) is 0 Å². The highest BCUT2D eigenvalue weighted by Crippen LogP contribution is 2.11. The summed E-state index contributed by atoms with van der Waals surface area (Å²) in [5, 5.41) is 7.46. The van der Waals surface area contributed by atoms with Crippen molar-refractivity contribution in [3.05, 3.63) is 18.0 Å². The lowest BCUT2D eigenvalue weighted by Gasteiger charge is -2.14. The van der Waals surface area contributed by atoms with Gasteiger partial charge in [-0.1, -0.05) is 0 Å². The predicted octanol–water partition coefficient (Wildman–Crippen LogP) is 0.189. The first-order valence-electron chi connectivity index (χ1n) is 5.82. The van der Waals surface area contributed by atoms with Gasteiger partial charge < -0.3 is 15.8 Å². The largest absolute Gasteiger partial charge is 0.377 e. The van der Waals surface area contributed by atoms with Gasteiger partial charge in [-0.05, 0) is 12.8 Å². The molecule has 0 bridgehead atoms. The Balaban J connectivity index is 1.69. The molecule has 1 saturated heterocycles. The first-order chi connectivity index (χ1) is 7.75. The minimum atomic E-state index is 0.00935. The molecule has 2 unspecified atom stereocenters. The van der Waals surface area contributed by atoms with E-state index in [1.54, 1.807) is 4.68 Å². The van der Waals surface area contributed by atoms with Gasteiger partial charge in [0.05, 0.1) is 12.3 Å². The molecule has 0 amide bonds. The Kier molecular flexibility index (Phi) is 3.93. The predicted molar refractivity (Wildman–Crippen MR) is 62.0 cm³/mol. The molecule has 3 N–H and O–H groups in total. The third-order valence-electron chi connectivity index (χ3n) is 2.91. The Bertz CT molecular complexity index is 320. The van der Waals surface area contributed by atoms with E-state index >= 15 is 0 Å². The molecular formula is C11H20N4O. The fraction of sp³-hybridized carbons (Fsp3) is 0.727. The summed E-state index contributed by atoms with van der Waals surface area (Å²) < 4.78 is 7.30. The first kappa shape index (κ1) is 11.6. The van der Waals surface area contributed by atoms with Gasteiger partial charge in [0, 0.05) is 44.5 Å². The standard InChI is InChI=1S/C11H20N4O/c1-15-8-9(5-14-15)11(12)7-13-6-10-3-2-4-16-10/h5,8,10-11,13H,2-4,6-7,12H2,1H3. The van der Waals surface area contributed by atoms with E-state index in [2.05, 4.69) is 10.4 Å². The molecule has 5 nitrogen and oxygen atoms in total. The van der Waals surface area contributed by atoms with Crippen LogP contribution in [-0.4, -0.2) is 35.6 Å². The average Bonchev–Trinajstić information content (AvgIpc) is 2.89. The SMILES string of the molecule is Cn1cc(C(N)CNCC2CCCO2)cn1. The van der Waals surface area contributed by atoms with E-state index in [1.165, 1.54) is 6.42 Å². The monoisotopic (exact) mass is 224 g/mol. The van der Waals surface area contributed by atoms with Gasteiger partial charge in [0.1, 0.15) is 0 Å². The highest BCUT2D eigenvalue weighted by molar-refractivity contribution is 5.09. The topological polar surface area (TPSA) is 65.1 Å². The second-order valence-electron chi connectivity index (χ2n) is 4.35. The van der Waals surface area contributed by atoms with E-state index in [0.29, 0.717) is 6.10 Å². The number of rotatable bonds is 5. The van der Waals surface area contributed by atoms with Crippen LogP contribution < -0.4 is 11.1 Å². The Hall–Kier alpha value is -0.910. The van der Waals surface area contributed by atoms with Crippen molar-refractivity contribution in [1.82, 2.24) is 15.1 Å². The van der Waals surface area contributed by atoms with Crippen molar-refractivity contribution in [3.63, 3.8) is 0 Å². The Labute approximate surface area is 96.0 Å². The zero-order valence-corrected chi connectivity index (χ0v) is 9.72. The van der Waals surface area contributed by atoms with Crippen molar-refractivity contribution in [2.45, 2.75) is 25.0 Å². The molecule has 16 heavy (non-hydrogen) atoms. The van der Waals surface area contributed by atoms with E-state index in [0.717, 1.165) is 31.7 Å². The average molecular weight is 224 g/mol. The summed E-state index contributed by atoms with van der Waals surface area (Å²) >= 11 is 0. The molecule has 1 aromatic rings. The van der Waals surface area contributed by atoms with Crippen LogP contribution in [0.4, 0.5) is 0 Å². The van der Waals surface area contributed by atoms with Crippen LogP contribution in [0.2, 0.25) is 0 Å². The molecule has 1 fully saturated rings. The number of aryl methyl sites for hydroxylation is 1. The van der Waals surface area contributed by atoms with Crippen LogP contribution in [0.5, 0.6) is 0 Å². The number of nitrogens with one attached hydrogen (secondary N) is 1. The zero-order chi connectivity index (χ0) is 11.4. The molecule has 0 aliphatic carbocycles. The van der Waals surface area contributed by atoms with Crippen molar-refractivity contribution in [2.24, 2.45) is 12.8 Å². The molecule has 2 heterocycles. The summed E-state index contributed by atoms with van der Waals surface area (Å²) in [5.41, 5.74) is 7.11. The van der Waals surface area contributed by atoms with Crippen molar-refractivity contribution >= 4 is 0 Å². The fourth-order valence-electron chi connectivity index (χ4n) is 1.95. The molecule has 1 aromatic heterocycles. The molecule has 2 rings (SSSR count). The molecule has 0 aromatic carbocycles. The lowest BCUT2D eigenvalue weighted by Crippen LogP contribution is -2.32. The molecular weight excluding hydrogens is 204 g/mol. The van der Waals surface area contributed by atoms with E-state index < -0.39 is 0 Å². The molecule has 2 atom stereocenters. The van der Waals surface area contributed by atoms with Gasteiger partial charge in [0.2, 0.25) is 0 Å². The van der Waals surface area contributed by atoms with Gasteiger partial charge >= 0.3 is 0 Å². The van der Waals surface area contributed by atoms with Crippen LogP contribution in [0, 0.1) is 0 Å². The van der Waals surface area contributed by atoms with Crippen LogP contribution in [-0.2, 0) is 11.8 Å². The minimum absolute atomic E-state index is 0.00935. The third kappa shape index (κ3) is 3.04. The van der Waals surface area contributed by atoms with Crippen LogP contribution in [0.1, 0.15) is 24.4 Å². The summed E-state index contributed by atoms with van der Waals surface area (Å²) in [6.07, 6.45) is 6.49. The quantitative estimate of drug-likeness (QED) is 0.749.